The average molecular weight is 362 g/mol. The molecule has 0 radical (unpaired) electrons. The van der Waals surface area contributed by atoms with Gasteiger partial charge >= 0.3 is 5.97 Å². The molecule has 1 amide bonds. The number of H-pyrrole nitrogens is 1. The number of rotatable bonds is 4. The molecule has 1 aliphatic rings. The number of halogens is 1. The van der Waals surface area contributed by atoms with Crippen LogP contribution in [-0.2, 0) is 9.53 Å². The number of nitrogens with one attached hydrogen (secondary N) is 1. The largest absolute Gasteiger partial charge is 0.451 e. The Hall–Kier alpha value is -2.34. The van der Waals surface area contributed by atoms with Crippen LogP contribution in [0.15, 0.2) is 30.3 Å². The summed E-state index contributed by atoms with van der Waals surface area (Å²) in [6.07, 6.45) is 3.12. The van der Waals surface area contributed by atoms with E-state index in [0.717, 1.165) is 31.4 Å². The van der Waals surface area contributed by atoms with E-state index in [2.05, 4.69) is 10.2 Å². The van der Waals surface area contributed by atoms with E-state index in [1.54, 1.807) is 23.1 Å². The van der Waals surface area contributed by atoms with Crippen molar-refractivity contribution in [1.29, 1.82) is 0 Å². The van der Waals surface area contributed by atoms with E-state index in [0.29, 0.717) is 10.7 Å². The molecule has 132 valence electrons. The third-order valence-electron chi connectivity index (χ3n) is 4.39. The Bertz CT molecular complexity index is 757. The number of hydrogen-bond donors (Lipinski definition) is 1. The number of ether oxygens (including phenoxy) is 1. The summed E-state index contributed by atoms with van der Waals surface area (Å²) in [5.41, 5.74) is 1.65. The fourth-order valence-corrected chi connectivity index (χ4v) is 3.08. The monoisotopic (exact) mass is 361 g/mol. The van der Waals surface area contributed by atoms with Crippen molar-refractivity contribution in [3.05, 3.63) is 41.0 Å². The molecule has 0 aliphatic carbocycles. The summed E-state index contributed by atoms with van der Waals surface area (Å²) in [6, 6.07) is 8.93. The number of piperidine rings is 1. The summed E-state index contributed by atoms with van der Waals surface area (Å²) < 4.78 is 5.14. The van der Waals surface area contributed by atoms with E-state index < -0.39 is 5.97 Å². The standard InChI is InChI=1S/C18H20ClN3O3/c1-12-4-2-3-9-22(12)17(23)11-25-18(24)16-10-15(20-21-16)13-5-7-14(19)8-6-13/h5-8,10,12H,2-4,9,11H2,1H3,(H,20,21). The van der Waals surface area contributed by atoms with Gasteiger partial charge in [0.05, 0.1) is 5.69 Å². The SMILES string of the molecule is CC1CCCCN1C(=O)COC(=O)c1cc(-c2ccc(Cl)cc2)n[nH]1. The van der Waals surface area contributed by atoms with Gasteiger partial charge in [-0.25, -0.2) is 4.79 Å². The van der Waals surface area contributed by atoms with E-state index in [9.17, 15) is 9.59 Å². The minimum absolute atomic E-state index is 0.155. The third kappa shape index (κ3) is 4.20. The quantitative estimate of drug-likeness (QED) is 0.848. The number of carbonyl (C=O) groups is 2. The molecular weight excluding hydrogens is 342 g/mol. The number of benzene rings is 1. The predicted molar refractivity (Wildman–Crippen MR) is 94.3 cm³/mol. The fraction of sp³-hybridized carbons (Fsp3) is 0.389. The number of aromatic amines is 1. The van der Waals surface area contributed by atoms with Gasteiger partial charge in [-0.05, 0) is 44.4 Å². The van der Waals surface area contributed by atoms with Crippen molar-refractivity contribution >= 4 is 23.5 Å². The molecule has 1 N–H and O–H groups in total. The minimum Gasteiger partial charge on any atom is -0.451 e. The van der Waals surface area contributed by atoms with Gasteiger partial charge in [0.1, 0.15) is 5.69 Å². The van der Waals surface area contributed by atoms with Crippen molar-refractivity contribution in [2.45, 2.75) is 32.2 Å². The second kappa shape index (κ2) is 7.70. The summed E-state index contributed by atoms with van der Waals surface area (Å²) in [5.74, 6) is -0.747. The molecule has 1 saturated heterocycles. The summed E-state index contributed by atoms with van der Waals surface area (Å²) in [5, 5.41) is 7.38. The fourth-order valence-electron chi connectivity index (χ4n) is 2.95. The molecule has 1 unspecified atom stereocenters. The maximum Gasteiger partial charge on any atom is 0.356 e. The Balaban J connectivity index is 1.58. The summed E-state index contributed by atoms with van der Waals surface area (Å²) >= 11 is 5.86. The molecule has 3 rings (SSSR count). The van der Waals surface area contributed by atoms with Crippen LogP contribution >= 0.6 is 11.6 Å². The van der Waals surface area contributed by atoms with E-state index in [1.165, 1.54) is 0 Å². The van der Waals surface area contributed by atoms with E-state index >= 15 is 0 Å². The molecule has 2 heterocycles. The zero-order chi connectivity index (χ0) is 17.8. The van der Waals surface area contributed by atoms with Crippen LogP contribution in [0.25, 0.3) is 11.3 Å². The first-order chi connectivity index (χ1) is 12.0. The van der Waals surface area contributed by atoms with Crippen molar-refractivity contribution in [2.75, 3.05) is 13.2 Å². The number of likely N-dealkylation sites (tertiary alicyclic amines) is 1. The van der Waals surface area contributed by atoms with Gasteiger partial charge in [-0.2, -0.15) is 5.10 Å². The van der Waals surface area contributed by atoms with Crippen LogP contribution in [0.1, 0.15) is 36.7 Å². The molecule has 1 atom stereocenters. The predicted octanol–water partition coefficient (Wildman–Crippen LogP) is 3.29. The first-order valence-corrected chi connectivity index (χ1v) is 8.70. The zero-order valence-electron chi connectivity index (χ0n) is 14.0. The molecule has 6 nitrogen and oxygen atoms in total. The molecule has 0 saturated carbocycles. The lowest BCUT2D eigenvalue weighted by Gasteiger charge is -2.33. The van der Waals surface area contributed by atoms with Crippen LogP contribution in [0.2, 0.25) is 5.02 Å². The number of nitrogens with zero attached hydrogens (tertiary/aromatic N) is 2. The van der Waals surface area contributed by atoms with Gasteiger partial charge in [-0.15, -0.1) is 0 Å². The van der Waals surface area contributed by atoms with Crippen molar-refractivity contribution in [3.8, 4) is 11.3 Å². The Morgan fingerprint density at radius 3 is 2.80 bits per heavy atom. The molecule has 1 aromatic carbocycles. The van der Waals surface area contributed by atoms with Crippen molar-refractivity contribution < 1.29 is 14.3 Å². The van der Waals surface area contributed by atoms with Gasteiger partial charge in [-0.1, -0.05) is 23.7 Å². The lowest BCUT2D eigenvalue weighted by atomic mass is 10.0. The zero-order valence-corrected chi connectivity index (χ0v) is 14.8. The Morgan fingerprint density at radius 2 is 2.08 bits per heavy atom. The Labute approximate surface area is 151 Å². The lowest BCUT2D eigenvalue weighted by molar-refractivity contribution is -0.137. The molecule has 2 aromatic rings. The molecule has 1 fully saturated rings. The first kappa shape index (κ1) is 17.5. The highest BCUT2D eigenvalue weighted by Gasteiger charge is 2.24. The third-order valence-corrected chi connectivity index (χ3v) is 4.64. The van der Waals surface area contributed by atoms with E-state index in [1.807, 2.05) is 19.1 Å². The molecule has 7 heteroatoms. The summed E-state index contributed by atoms with van der Waals surface area (Å²) in [4.78, 5) is 26.1. The van der Waals surface area contributed by atoms with Crippen LogP contribution in [0, 0.1) is 0 Å². The van der Waals surface area contributed by atoms with Crippen LogP contribution in [0.5, 0.6) is 0 Å². The maximum atomic E-state index is 12.2. The number of carbonyl (C=O) groups excluding carboxylic acids is 2. The number of esters is 1. The maximum absolute atomic E-state index is 12.2. The summed E-state index contributed by atoms with van der Waals surface area (Å²) in [7, 11) is 0. The first-order valence-electron chi connectivity index (χ1n) is 8.32. The summed E-state index contributed by atoms with van der Waals surface area (Å²) in [6.45, 7) is 2.49. The highest BCUT2D eigenvalue weighted by atomic mass is 35.5. The van der Waals surface area contributed by atoms with Gasteiger partial charge in [0.15, 0.2) is 6.61 Å². The van der Waals surface area contributed by atoms with E-state index in [-0.39, 0.29) is 24.2 Å². The topological polar surface area (TPSA) is 75.3 Å². The Morgan fingerprint density at radius 1 is 1.32 bits per heavy atom. The van der Waals surface area contributed by atoms with Gasteiger partial charge in [0, 0.05) is 23.2 Å². The van der Waals surface area contributed by atoms with Crippen LogP contribution < -0.4 is 0 Å². The van der Waals surface area contributed by atoms with Crippen molar-refractivity contribution in [2.24, 2.45) is 0 Å². The smallest absolute Gasteiger partial charge is 0.356 e. The van der Waals surface area contributed by atoms with Gasteiger partial charge in [0.25, 0.3) is 5.91 Å². The van der Waals surface area contributed by atoms with E-state index in [4.69, 9.17) is 16.3 Å². The number of hydrogen-bond acceptors (Lipinski definition) is 4. The number of amides is 1. The van der Waals surface area contributed by atoms with Crippen molar-refractivity contribution in [3.63, 3.8) is 0 Å². The molecule has 0 bridgehead atoms. The molecule has 1 aliphatic heterocycles. The lowest BCUT2D eigenvalue weighted by Crippen LogP contribution is -2.44. The molecule has 1 aromatic heterocycles. The minimum atomic E-state index is -0.592. The van der Waals surface area contributed by atoms with Crippen molar-refractivity contribution in [1.82, 2.24) is 15.1 Å². The second-order valence-corrected chi connectivity index (χ2v) is 6.62. The molecule has 25 heavy (non-hydrogen) atoms. The van der Waals surface area contributed by atoms with Crippen LogP contribution in [0.3, 0.4) is 0 Å². The molecule has 0 spiro atoms. The van der Waals surface area contributed by atoms with Crippen LogP contribution in [0.4, 0.5) is 0 Å². The normalized spacial score (nSPS) is 17.4. The van der Waals surface area contributed by atoms with Gasteiger partial charge < -0.3 is 9.64 Å². The highest BCUT2D eigenvalue weighted by Crippen LogP contribution is 2.20. The highest BCUT2D eigenvalue weighted by molar-refractivity contribution is 6.30. The molecular formula is C18H20ClN3O3. The second-order valence-electron chi connectivity index (χ2n) is 6.18. The van der Waals surface area contributed by atoms with Gasteiger partial charge in [-0.3, -0.25) is 9.89 Å². The average Bonchev–Trinajstić information content (AvgIpc) is 3.10. The number of aromatic nitrogens is 2. The van der Waals surface area contributed by atoms with Crippen LogP contribution in [-0.4, -0.2) is 46.2 Å². The van der Waals surface area contributed by atoms with Gasteiger partial charge in [0.2, 0.25) is 0 Å². The Kier molecular flexibility index (Phi) is 5.38.